The highest BCUT2D eigenvalue weighted by atomic mass is 35.5. The zero-order chi connectivity index (χ0) is 34.8. The Morgan fingerprint density at radius 1 is 1.00 bits per heavy atom. The number of nitrogens with zero attached hydrogens (tertiary/aromatic N) is 9. The fraction of sp³-hybridized carbons (Fsp3) is 0.444. The standard InChI is InChI=1S/C36H40ClFN10O2/c1-4-27(49)46-16-17-47(20(2)19-46)33-23-18-24(37)31(28-25(38)6-5-7-26(28)39)40-34(23)48(36(50)43-33)32-29(21-8-9-21)41-35(42-30(32)22-10-11-22)45-14-12-44(3)13-15-45/h4-7,18,20-22H,1,8-17,19,39H2,2-3H3/t20-/m0/s1. The minimum atomic E-state index is -0.573. The van der Waals surface area contributed by atoms with E-state index in [9.17, 15) is 9.59 Å². The number of hydrogen-bond donors (Lipinski definition) is 1. The van der Waals surface area contributed by atoms with Gasteiger partial charge in [-0.15, -0.1) is 0 Å². The van der Waals surface area contributed by atoms with E-state index in [1.165, 1.54) is 22.8 Å². The Balaban J connectivity index is 1.37. The average molecular weight is 699 g/mol. The van der Waals surface area contributed by atoms with Gasteiger partial charge in [0, 0.05) is 69.4 Å². The highest BCUT2D eigenvalue weighted by molar-refractivity contribution is 6.34. The number of pyridine rings is 1. The van der Waals surface area contributed by atoms with Gasteiger partial charge in [0.1, 0.15) is 11.6 Å². The first kappa shape index (κ1) is 32.6. The normalized spacial score (nSPS) is 20.1. The fourth-order valence-corrected chi connectivity index (χ4v) is 7.48. The van der Waals surface area contributed by atoms with Crippen LogP contribution >= 0.6 is 11.6 Å². The Labute approximate surface area is 294 Å². The molecule has 12 nitrogen and oxygen atoms in total. The maximum Gasteiger partial charge on any atom is 0.355 e. The summed E-state index contributed by atoms with van der Waals surface area (Å²) in [6, 6.07) is 5.95. The molecule has 0 unspecified atom stereocenters. The molecule has 1 amide bonds. The fourth-order valence-electron chi connectivity index (χ4n) is 7.23. The van der Waals surface area contributed by atoms with Gasteiger partial charge in [0.05, 0.1) is 38.7 Å². The molecule has 8 rings (SSSR count). The third kappa shape index (κ3) is 5.75. The highest BCUT2D eigenvalue weighted by Gasteiger charge is 2.39. The molecule has 2 saturated carbocycles. The summed E-state index contributed by atoms with van der Waals surface area (Å²) in [6.45, 7) is 10.3. The smallest absolute Gasteiger partial charge is 0.355 e. The second-order valence-corrected chi connectivity index (χ2v) is 14.4. The van der Waals surface area contributed by atoms with Crippen LogP contribution in [0.5, 0.6) is 0 Å². The van der Waals surface area contributed by atoms with E-state index in [1.807, 2.05) is 11.8 Å². The van der Waals surface area contributed by atoms with Gasteiger partial charge in [0.2, 0.25) is 11.9 Å². The van der Waals surface area contributed by atoms with Gasteiger partial charge >= 0.3 is 5.69 Å². The maximum absolute atomic E-state index is 15.4. The van der Waals surface area contributed by atoms with Gasteiger partial charge in [-0.1, -0.05) is 24.2 Å². The van der Waals surface area contributed by atoms with Gasteiger partial charge in [0.15, 0.2) is 5.65 Å². The van der Waals surface area contributed by atoms with E-state index < -0.39 is 11.5 Å². The monoisotopic (exact) mass is 698 g/mol. The third-order valence-corrected chi connectivity index (χ3v) is 10.6. The van der Waals surface area contributed by atoms with Crippen LogP contribution in [0, 0.1) is 5.82 Å². The molecule has 2 saturated heterocycles. The molecule has 14 heteroatoms. The zero-order valence-corrected chi connectivity index (χ0v) is 29.0. The van der Waals surface area contributed by atoms with E-state index in [1.54, 1.807) is 17.0 Å². The molecule has 4 aliphatic rings. The summed E-state index contributed by atoms with van der Waals surface area (Å²) in [4.78, 5) is 55.4. The van der Waals surface area contributed by atoms with Crippen molar-refractivity contribution < 1.29 is 9.18 Å². The average Bonchev–Trinajstić information content (AvgIpc) is 4.03. The lowest BCUT2D eigenvalue weighted by molar-refractivity contribution is -0.126. The van der Waals surface area contributed by atoms with E-state index in [4.69, 9.17) is 37.3 Å². The van der Waals surface area contributed by atoms with Gasteiger partial charge in [-0.3, -0.25) is 4.79 Å². The van der Waals surface area contributed by atoms with E-state index in [0.29, 0.717) is 42.5 Å². The number of likely N-dealkylation sites (N-methyl/N-ethyl adjacent to an activating group) is 1. The number of carbonyl (C=O) groups is 1. The van der Waals surface area contributed by atoms with Crippen molar-refractivity contribution in [2.24, 2.45) is 0 Å². The number of piperazine rings is 2. The van der Waals surface area contributed by atoms with Crippen LogP contribution in [0.15, 0.2) is 41.7 Å². The third-order valence-electron chi connectivity index (χ3n) is 10.3. The molecule has 3 aromatic heterocycles. The van der Waals surface area contributed by atoms with Crippen LogP contribution in [0.25, 0.3) is 28.0 Å². The van der Waals surface area contributed by atoms with Crippen LogP contribution in [0.3, 0.4) is 0 Å². The van der Waals surface area contributed by atoms with Crippen LogP contribution in [0.2, 0.25) is 5.02 Å². The Kier molecular flexibility index (Phi) is 8.22. The number of benzene rings is 1. The molecule has 260 valence electrons. The predicted molar refractivity (Wildman–Crippen MR) is 193 cm³/mol. The van der Waals surface area contributed by atoms with Crippen molar-refractivity contribution in [2.45, 2.75) is 50.5 Å². The number of amides is 1. The lowest BCUT2D eigenvalue weighted by Crippen LogP contribution is -2.54. The number of nitrogen functional groups attached to an aromatic ring is 1. The second kappa shape index (κ2) is 12.6. The number of rotatable bonds is 7. The van der Waals surface area contributed by atoms with E-state index >= 15 is 4.39 Å². The number of halogens is 2. The van der Waals surface area contributed by atoms with Crippen LogP contribution < -0.4 is 21.2 Å². The lowest BCUT2D eigenvalue weighted by Gasteiger charge is -2.40. The highest BCUT2D eigenvalue weighted by Crippen LogP contribution is 2.49. The van der Waals surface area contributed by atoms with E-state index in [0.717, 1.165) is 63.3 Å². The van der Waals surface area contributed by atoms with Crippen LogP contribution in [0.4, 0.5) is 21.8 Å². The molecule has 2 aliphatic carbocycles. The Bertz CT molecular complexity index is 2040. The summed E-state index contributed by atoms with van der Waals surface area (Å²) in [6.07, 6.45) is 5.13. The Hall–Kier alpha value is -4.62. The summed E-state index contributed by atoms with van der Waals surface area (Å²) in [5.41, 5.74) is 8.68. The van der Waals surface area contributed by atoms with Crippen molar-refractivity contribution in [1.82, 2.24) is 34.3 Å². The number of anilines is 3. The molecular weight excluding hydrogens is 659 g/mol. The number of aromatic nitrogens is 5. The van der Waals surface area contributed by atoms with Crippen molar-refractivity contribution in [3.05, 3.63) is 69.6 Å². The summed E-state index contributed by atoms with van der Waals surface area (Å²) < 4.78 is 17.0. The second-order valence-electron chi connectivity index (χ2n) is 14.0. The van der Waals surface area contributed by atoms with Crippen LogP contribution in [-0.2, 0) is 4.79 Å². The molecule has 1 atom stereocenters. The molecule has 5 heterocycles. The topological polar surface area (TPSA) is 130 Å². The molecule has 4 fully saturated rings. The first-order chi connectivity index (χ1) is 24.1. The van der Waals surface area contributed by atoms with Crippen molar-refractivity contribution in [2.75, 3.05) is 68.4 Å². The molecule has 0 spiro atoms. The first-order valence-electron chi connectivity index (χ1n) is 17.3. The van der Waals surface area contributed by atoms with Crippen LogP contribution in [-0.4, -0.2) is 99.1 Å². The molecule has 0 radical (unpaired) electrons. The summed E-state index contributed by atoms with van der Waals surface area (Å²) in [7, 11) is 2.12. The summed E-state index contributed by atoms with van der Waals surface area (Å²) in [5.74, 6) is 0.713. The van der Waals surface area contributed by atoms with Gasteiger partial charge in [-0.05, 0) is 63.9 Å². The zero-order valence-electron chi connectivity index (χ0n) is 28.3. The SMILES string of the molecule is C=CC(=O)N1CCN(c2nc(=O)n(-c3c(C4CC4)nc(N4CCN(C)CC4)nc3C3CC3)c3nc(-c4c(N)cccc4F)c(Cl)cc23)[C@@H](C)C1. The van der Waals surface area contributed by atoms with Gasteiger partial charge in [-0.25, -0.2) is 28.7 Å². The molecule has 4 aromatic rings. The predicted octanol–water partition coefficient (Wildman–Crippen LogP) is 4.34. The van der Waals surface area contributed by atoms with Crippen molar-refractivity contribution >= 4 is 46.0 Å². The molecular formula is C36H40ClFN10O2. The molecule has 2 aliphatic heterocycles. The first-order valence-corrected chi connectivity index (χ1v) is 17.7. The Morgan fingerprint density at radius 3 is 2.28 bits per heavy atom. The van der Waals surface area contributed by atoms with Crippen molar-refractivity contribution in [3.63, 3.8) is 0 Å². The molecule has 2 N–H and O–H groups in total. The lowest BCUT2D eigenvalue weighted by atomic mass is 10.1. The van der Waals surface area contributed by atoms with Crippen molar-refractivity contribution in [3.8, 4) is 16.9 Å². The number of carbonyl (C=O) groups excluding carboxylic acids is 1. The molecule has 50 heavy (non-hydrogen) atoms. The minimum Gasteiger partial charge on any atom is -0.398 e. The van der Waals surface area contributed by atoms with Gasteiger partial charge in [-0.2, -0.15) is 4.98 Å². The Morgan fingerprint density at radius 2 is 1.68 bits per heavy atom. The van der Waals surface area contributed by atoms with Gasteiger partial charge in [0.25, 0.3) is 0 Å². The summed E-state index contributed by atoms with van der Waals surface area (Å²) in [5, 5.41) is 0.692. The maximum atomic E-state index is 15.4. The number of nitrogens with two attached hydrogens (primary N) is 1. The number of fused-ring (bicyclic) bond motifs is 1. The van der Waals surface area contributed by atoms with Crippen LogP contribution in [0.1, 0.15) is 55.8 Å². The quantitative estimate of drug-likeness (QED) is 0.220. The molecule has 1 aromatic carbocycles. The van der Waals surface area contributed by atoms with E-state index in [2.05, 4.69) is 23.4 Å². The van der Waals surface area contributed by atoms with Crippen molar-refractivity contribution in [1.29, 1.82) is 0 Å². The largest absolute Gasteiger partial charge is 0.398 e. The minimum absolute atomic E-state index is 0.0631. The van der Waals surface area contributed by atoms with Gasteiger partial charge < -0.3 is 25.3 Å². The molecule has 0 bridgehead atoms. The summed E-state index contributed by atoms with van der Waals surface area (Å²) >= 11 is 6.94. The number of hydrogen-bond acceptors (Lipinski definition) is 10. The van der Waals surface area contributed by atoms with E-state index in [-0.39, 0.29) is 51.4 Å².